The van der Waals surface area contributed by atoms with Gasteiger partial charge in [0.1, 0.15) is 0 Å². The van der Waals surface area contributed by atoms with Crippen molar-refractivity contribution < 1.29 is 4.79 Å². The van der Waals surface area contributed by atoms with Gasteiger partial charge in [-0.25, -0.2) is 9.50 Å². The molecule has 0 radical (unpaired) electrons. The summed E-state index contributed by atoms with van der Waals surface area (Å²) in [6.45, 7) is 1.88. The highest BCUT2D eigenvalue weighted by atomic mass is 32.1. The molecule has 0 spiro atoms. The smallest absolute Gasteiger partial charge is 0.272 e. The summed E-state index contributed by atoms with van der Waals surface area (Å²) in [5.74, 6) is 0.537. The molecule has 0 aliphatic heterocycles. The van der Waals surface area contributed by atoms with Crippen molar-refractivity contribution in [2.75, 3.05) is 0 Å². The van der Waals surface area contributed by atoms with Crippen molar-refractivity contribution in [1.82, 2.24) is 19.9 Å². The zero-order valence-corrected chi connectivity index (χ0v) is 16.2. The van der Waals surface area contributed by atoms with E-state index in [0.29, 0.717) is 23.7 Å². The molecule has 142 valence electrons. The normalized spacial score (nSPS) is 16.5. The summed E-state index contributed by atoms with van der Waals surface area (Å²) in [4.78, 5) is 30.5. The van der Waals surface area contributed by atoms with Crippen molar-refractivity contribution in [3.05, 3.63) is 45.7 Å². The van der Waals surface area contributed by atoms with Crippen molar-refractivity contribution in [2.24, 2.45) is 5.92 Å². The van der Waals surface area contributed by atoms with Crippen LogP contribution < -0.4 is 10.9 Å². The highest BCUT2D eigenvalue weighted by Crippen LogP contribution is 2.27. The van der Waals surface area contributed by atoms with Crippen molar-refractivity contribution >= 4 is 22.9 Å². The number of nitrogens with zero attached hydrogens (tertiary/aromatic N) is 2. The van der Waals surface area contributed by atoms with E-state index < -0.39 is 0 Å². The minimum atomic E-state index is -0.293. The average Bonchev–Trinajstić information content (AvgIpc) is 3.32. The molecule has 3 aromatic heterocycles. The second-order valence-electron chi connectivity index (χ2n) is 7.36. The summed E-state index contributed by atoms with van der Waals surface area (Å²) < 4.78 is 1.44. The second kappa shape index (κ2) is 7.68. The van der Waals surface area contributed by atoms with Crippen LogP contribution in [0.3, 0.4) is 0 Å². The van der Waals surface area contributed by atoms with Crippen LogP contribution in [0.4, 0.5) is 0 Å². The Bertz CT molecular complexity index is 983. The second-order valence-corrected chi connectivity index (χ2v) is 8.31. The van der Waals surface area contributed by atoms with Gasteiger partial charge in [0, 0.05) is 18.6 Å². The fourth-order valence-electron chi connectivity index (χ4n) is 3.82. The fourth-order valence-corrected chi connectivity index (χ4v) is 4.51. The van der Waals surface area contributed by atoms with Crippen LogP contribution in [0.25, 0.3) is 16.2 Å². The van der Waals surface area contributed by atoms with E-state index in [4.69, 9.17) is 0 Å². The molecule has 6 nitrogen and oxygen atoms in total. The van der Waals surface area contributed by atoms with Crippen LogP contribution in [0.1, 0.15) is 57.2 Å². The molecule has 1 amide bonds. The number of carbonyl (C=O) groups is 1. The first-order chi connectivity index (χ1) is 13.1. The van der Waals surface area contributed by atoms with E-state index >= 15 is 0 Å². The predicted molar refractivity (Wildman–Crippen MR) is 107 cm³/mol. The molecule has 4 rings (SSSR count). The zero-order chi connectivity index (χ0) is 18.8. The minimum absolute atomic E-state index is 0.0461. The van der Waals surface area contributed by atoms with E-state index in [0.717, 1.165) is 23.4 Å². The number of amides is 1. The standard InChI is InChI=1S/C20H24N4O2S/c1-13(21-19(25)10-14-6-3-2-4-7-14)15-12-20(26)24-18(22-15)11-16(23-24)17-8-5-9-27-17/h5,8-9,11-14,23H,2-4,6-7,10H2,1H3,(H,21,25)/t13-/m1/s1. The van der Waals surface area contributed by atoms with E-state index in [1.54, 1.807) is 11.3 Å². The molecule has 3 aromatic rings. The summed E-state index contributed by atoms with van der Waals surface area (Å²) in [5, 5.41) is 8.10. The maximum atomic E-state index is 12.5. The fraction of sp³-hybridized carbons (Fsp3) is 0.450. The molecule has 27 heavy (non-hydrogen) atoms. The predicted octanol–water partition coefficient (Wildman–Crippen LogP) is 3.90. The van der Waals surface area contributed by atoms with Gasteiger partial charge in [0.15, 0.2) is 5.65 Å². The largest absolute Gasteiger partial charge is 0.348 e. The Kier molecular flexibility index (Phi) is 5.11. The third-order valence-corrected chi connectivity index (χ3v) is 6.18. The SMILES string of the molecule is C[C@@H](NC(=O)CC1CCCCC1)c1cc(=O)n2[nH]c(-c3cccs3)cc2n1. The number of hydrogen-bond acceptors (Lipinski definition) is 4. The Hall–Kier alpha value is -2.41. The number of aromatic nitrogens is 3. The van der Waals surface area contributed by atoms with E-state index in [1.165, 1.54) is 29.8 Å². The van der Waals surface area contributed by atoms with Gasteiger partial charge in [-0.3, -0.25) is 14.7 Å². The molecule has 1 aliphatic rings. The molecule has 2 N–H and O–H groups in total. The van der Waals surface area contributed by atoms with Crippen LogP contribution in [0.15, 0.2) is 34.4 Å². The number of hydrogen-bond donors (Lipinski definition) is 2. The van der Waals surface area contributed by atoms with Crippen LogP contribution >= 0.6 is 11.3 Å². The molecule has 0 bridgehead atoms. The summed E-state index contributed by atoms with van der Waals surface area (Å²) >= 11 is 1.60. The van der Waals surface area contributed by atoms with Gasteiger partial charge in [-0.2, -0.15) is 0 Å². The van der Waals surface area contributed by atoms with Crippen molar-refractivity contribution in [3.8, 4) is 10.6 Å². The number of aromatic amines is 1. The molecule has 1 aliphatic carbocycles. The Morgan fingerprint density at radius 2 is 2.19 bits per heavy atom. The van der Waals surface area contributed by atoms with Gasteiger partial charge in [0.25, 0.3) is 5.56 Å². The molecule has 3 heterocycles. The number of H-pyrrole nitrogens is 1. The lowest BCUT2D eigenvalue weighted by atomic mass is 9.87. The Labute approximate surface area is 161 Å². The lowest BCUT2D eigenvalue weighted by Crippen LogP contribution is -2.30. The number of carbonyl (C=O) groups excluding carboxylic acids is 1. The monoisotopic (exact) mass is 384 g/mol. The average molecular weight is 385 g/mol. The number of rotatable bonds is 5. The quantitative estimate of drug-likeness (QED) is 0.700. The first kappa shape index (κ1) is 18.0. The molecule has 1 saturated carbocycles. The van der Waals surface area contributed by atoms with Gasteiger partial charge in [-0.1, -0.05) is 25.3 Å². The lowest BCUT2D eigenvalue weighted by Gasteiger charge is -2.22. The highest BCUT2D eigenvalue weighted by Gasteiger charge is 2.19. The van der Waals surface area contributed by atoms with Crippen LogP contribution in [-0.4, -0.2) is 20.5 Å². The Morgan fingerprint density at radius 1 is 1.37 bits per heavy atom. The number of nitrogens with one attached hydrogen (secondary N) is 2. The Balaban J connectivity index is 1.50. The first-order valence-corrected chi connectivity index (χ1v) is 10.4. The van der Waals surface area contributed by atoms with Crippen molar-refractivity contribution in [3.63, 3.8) is 0 Å². The van der Waals surface area contributed by atoms with Crippen LogP contribution in [0, 0.1) is 5.92 Å². The number of thiophene rings is 1. The first-order valence-electron chi connectivity index (χ1n) is 9.56. The maximum absolute atomic E-state index is 12.5. The maximum Gasteiger partial charge on any atom is 0.272 e. The van der Waals surface area contributed by atoms with Crippen LogP contribution in [0.5, 0.6) is 0 Å². The van der Waals surface area contributed by atoms with E-state index in [9.17, 15) is 9.59 Å². The van der Waals surface area contributed by atoms with E-state index in [1.807, 2.05) is 30.5 Å². The molecule has 0 saturated heterocycles. The molecule has 1 fully saturated rings. The van der Waals surface area contributed by atoms with Crippen molar-refractivity contribution in [1.29, 1.82) is 0 Å². The summed E-state index contributed by atoms with van der Waals surface area (Å²) in [6, 6.07) is 7.03. The highest BCUT2D eigenvalue weighted by molar-refractivity contribution is 7.13. The summed E-state index contributed by atoms with van der Waals surface area (Å²) in [5.41, 5.74) is 1.84. The van der Waals surface area contributed by atoms with Crippen LogP contribution in [-0.2, 0) is 4.79 Å². The molecule has 7 heteroatoms. The van der Waals surface area contributed by atoms with Gasteiger partial charge in [-0.15, -0.1) is 11.3 Å². The molecule has 0 aromatic carbocycles. The third kappa shape index (κ3) is 3.98. The van der Waals surface area contributed by atoms with Gasteiger partial charge in [0.2, 0.25) is 5.91 Å². The van der Waals surface area contributed by atoms with Gasteiger partial charge in [0.05, 0.1) is 22.3 Å². The van der Waals surface area contributed by atoms with E-state index in [2.05, 4.69) is 15.4 Å². The lowest BCUT2D eigenvalue weighted by molar-refractivity contribution is -0.122. The molecular weight excluding hydrogens is 360 g/mol. The zero-order valence-electron chi connectivity index (χ0n) is 15.4. The Morgan fingerprint density at radius 3 is 2.93 bits per heavy atom. The molecule has 1 atom stereocenters. The van der Waals surface area contributed by atoms with Crippen molar-refractivity contribution in [2.45, 2.75) is 51.5 Å². The van der Waals surface area contributed by atoms with E-state index in [-0.39, 0.29) is 17.5 Å². The topological polar surface area (TPSA) is 79.3 Å². The minimum Gasteiger partial charge on any atom is -0.348 e. The summed E-state index contributed by atoms with van der Waals surface area (Å²) in [6.07, 6.45) is 6.58. The summed E-state index contributed by atoms with van der Waals surface area (Å²) in [7, 11) is 0. The molecule has 0 unspecified atom stereocenters. The number of fused-ring (bicyclic) bond motifs is 1. The van der Waals surface area contributed by atoms with Gasteiger partial charge in [-0.05, 0) is 37.1 Å². The third-order valence-electron chi connectivity index (χ3n) is 5.28. The van der Waals surface area contributed by atoms with Crippen LogP contribution in [0.2, 0.25) is 0 Å². The van der Waals surface area contributed by atoms with Gasteiger partial charge < -0.3 is 5.32 Å². The van der Waals surface area contributed by atoms with Gasteiger partial charge >= 0.3 is 0 Å². The molecular formula is C20H24N4O2S.